The van der Waals surface area contributed by atoms with Crippen molar-refractivity contribution in [1.29, 1.82) is 0 Å². The van der Waals surface area contributed by atoms with Crippen molar-refractivity contribution in [2.75, 3.05) is 5.32 Å². The fourth-order valence-corrected chi connectivity index (χ4v) is 1.95. The molecule has 2 aromatic rings. The lowest BCUT2D eigenvalue weighted by molar-refractivity contribution is -0.124. The van der Waals surface area contributed by atoms with E-state index in [1.807, 2.05) is 0 Å². The van der Waals surface area contributed by atoms with Gasteiger partial charge in [-0.1, -0.05) is 17.7 Å². The lowest BCUT2D eigenvalue weighted by atomic mass is 10.1. The van der Waals surface area contributed by atoms with E-state index in [9.17, 15) is 14.3 Å². The van der Waals surface area contributed by atoms with Crippen molar-refractivity contribution in [2.24, 2.45) is 7.05 Å². The zero-order valence-corrected chi connectivity index (χ0v) is 11.6. The first-order chi connectivity index (χ1) is 9.38. The largest absolute Gasteiger partial charge is 0.378 e. The summed E-state index contributed by atoms with van der Waals surface area (Å²) in [6.45, 7) is 1.77. The molecule has 2 rings (SSSR count). The number of carbonyl (C=O) groups excluding carboxylic acids is 1. The van der Waals surface area contributed by atoms with E-state index in [1.54, 1.807) is 20.0 Å². The number of rotatable bonds is 3. The van der Waals surface area contributed by atoms with Gasteiger partial charge in [-0.2, -0.15) is 5.10 Å². The SMILES string of the molecule is Cc1cc(NC(=O)C(O)c2ccc(Cl)cc2F)n(C)n1. The Labute approximate surface area is 120 Å². The van der Waals surface area contributed by atoms with Crippen LogP contribution < -0.4 is 5.32 Å². The molecule has 1 unspecified atom stereocenters. The summed E-state index contributed by atoms with van der Waals surface area (Å²) in [4.78, 5) is 11.9. The fourth-order valence-electron chi connectivity index (χ4n) is 1.79. The lowest BCUT2D eigenvalue weighted by Crippen LogP contribution is -2.23. The molecule has 106 valence electrons. The molecule has 0 saturated carbocycles. The minimum absolute atomic E-state index is 0.134. The third-order valence-corrected chi connectivity index (χ3v) is 2.99. The molecule has 2 N–H and O–H groups in total. The van der Waals surface area contributed by atoms with E-state index >= 15 is 0 Å². The van der Waals surface area contributed by atoms with Gasteiger partial charge >= 0.3 is 0 Å². The molecule has 0 radical (unpaired) electrons. The van der Waals surface area contributed by atoms with Crippen LogP contribution in [0.2, 0.25) is 5.02 Å². The summed E-state index contributed by atoms with van der Waals surface area (Å²) >= 11 is 5.62. The van der Waals surface area contributed by atoms with Gasteiger partial charge in [0.25, 0.3) is 5.91 Å². The van der Waals surface area contributed by atoms with E-state index < -0.39 is 17.8 Å². The first kappa shape index (κ1) is 14.5. The molecule has 1 heterocycles. The molecule has 0 aliphatic heterocycles. The summed E-state index contributed by atoms with van der Waals surface area (Å²) in [6.07, 6.45) is -1.62. The molecule has 0 aliphatic carbocycles. The highest BCUT2D eigenvalue weighted by Gasteiger charge is 2.22. The van der Waals surface area contributed by atoms with Crippen LogP contribution in [0.25, 0.3) is 0 Å². The molecule has 1 aromatic heterocycles. The maximum absolute atomic E-state index is 13.6. The van der Waals surface area contributed by atoms with Gasteiger partial charge in [-0.15, -0.1) is 0 Å². The molecule has 0 fully saturated rings. The number of aryl methyl sites for hydroxylation is 2. The van der Waals surface area contributed by atoms with Crippen molar-refractivity contribution in [3.8, 4) is 0 Å². The predicted octanol–water partition coefficient (Wildman–Crippen LogP) is 2.19. The van der Waals surface area contributed by atoms with E-state index in [2.05, 4.69) is 10.4 Å². The van der Waals surface area contributed by atoms with Crippen LogP contribution in [-0.2, 0) is 11.8 Å². The minimum atomic E-state index is -1.62. The Balaban J connectivity index is 2.18. The molecule has 0 spiro atoms. The van der Waals surface area contributed by atoms with Crippen LogP contribution in [0.3, 0.4) is 0 Å². The molecule has 20 heavy (non-hydrogen) atoms. The van der Waals surface area contributed by atoms with Gasteiger partial charge in [-0.25, -0.2) is 4.39 Å². The van der Waals surface area contributed by atoms with Crippen LogP contribution in [0.5, 0.6) is 0 Å². The Morgan fingerprint density at radius 1 is 1.50 bits per heavy atom. The van der Waals surface area contributed by atoms with E-state index in [1.165, 1.54) is 16.8 Å². The normalized spacial score (nSPS) is 12.2. The Kier molecular flexibility index (Phi) is 4.06. The van der Waals surface area contributed by atoms with Gasteiger partial charge in [-0.05, 0) is 19.1 Å². The number of halogens is 2. The van der Waals surface area contributed by atoms with Gasteiger partial charge in [0.15, 0.2) is 6.10 Å². The van der Waals surface area contributed by atoms with Crippen LogP contribution >= 0.6 is 11.6 Å². The van der Waals surface area contributed by atoms with Gasteiger partial charge < -0.3 is 10.4 Å². The van der Waals surface area contributed by atoms with E-state index in [-0.39, 0.29) is 10.6 Å². The molecule has 0 saturated heterocycles. The summed E-state index contributed by atoms with van der Waals surface area (Å²) < 4.78 is 15.1. The zero-order valence-electron chi connectivity index (χ0n) is 10.9. The lowest BCUT2D eigenvalue weighted by Gasteiger charge is -2.12. The van der Waals surface area contributed by atoms with E-state index in [0.717, 1.165) is 11.8 Å². The van der Waals surface area contributed by atoms with E-state index in [4.69, 9.17) is 11.6 Å². The van der Waals surface area contributed by atoms with Gasteiger partial charge in [0, 0.05) is 23.7 Å². The predicted molar refractivity (Wildman–Crippen MR) is 72.9 cm³/mol. The summed E-state index contributed by atoms with van der Waals surface area (Å²) in [5.74, 6) is -1.06. The highest BCUT2D eigenvalue weighted by atomic mass is 35.5. The summed E-state index contributed by atoms with van der Waals surface area (Å²) in [6, 6.07) is 5.37. The molecule has 0 aliphatic rings. The van der Waals surface area contributed by atoms with Gasteiger partial charge in [0.1, 0.15) is 11.6 Å². The number of hydrogen-bond donors (Lipinski definition) is 2. The van der Waals surface area contributed by atoms with Crippen LogP contribution in [-0.4, -0.2) is 20.8 Å². The molecule has 1 atom stereocenters. The average Bonchev–Trinajstić information content (AvgIpc) is 2.67. The van der Waals surface area contributed by atoms with Crippen molar-refractivity contribution >= 4 is 23.3 Å². The molecular formula is C13H13ClFN3O2. The summed E-state index contributed by atoms with van der Waals surface area (Å²) in [5.41, 5.74) is 0.584. The minimum Gasteiger partial charge on any atom is -0.378 e. The number of carbonyl (C=O) groups is 1. The number of aromatic nitrogens is 2. The standard InChI is InChI=1S/C13H13ClFN3O2/c1-7-5-11(18(2)17-7)16-13(20)12(19)9-4-3-8(14)6-10(9)15/h3-6,12,19H,1-2H3,(H,16,20). The average molecular weight is 298 g/mol. The van der Waals surface area contributed by atoms with Gasteiger partial charge in [0.2, 0.25) is 0 Å². The Morgan fingerprint density at radius 3 is 2.75 bits per heavy atom. The van der Waals surface area contributed by atoms with Crippen LogP contribution in [0.15, 0.2) is 24.3 Å². The molecular weight excluding hydrogens is 285 g/mol. The molecule has 1 aromatic carbocycles. The molecule has 0 bridgehead atoms. The Hall–Kier alpha value is -1.92. The van der Waals surface area contributed by atoms with Crippen LogP contribution in [0.1, 0.15) is 17.4 Å². The second-order valence-electron chi connectivity index (χ2n) is 4.35. The highest BCUT2D eigenvalue weighted by molar-refractivity contribution is 6.30. The number of amides is 1. The maximum atomic E-state index is 13.6. The quantitative estimate of drug-likeness (QED) is 0.912. The van der Waals surface area contributed by atoms with E-state index in [0.29, 0.717) is 5.82 Å². The van der Waals surface area contributed by atoms with Crippen molar-refractivity contribution in [1.82, 2.24) is 9.78 Å². The zero-order chi connectivity index (χ0) is 14.9. The second kappa shape index (κ2) is 5.60. The summed E-state index contributed by atoms with van der Waals surface area (Å²) in [7, 11) is 1.65. The smallest absolute Gasteiger partial charge is 0.259 e. The Bertz CT molecular complexity index is 657. The fraction of sp³-hybridized carbons (Fsp3) is 0.231. The van der Waals surface area contributed by atoms with Gasteiger partial charge in [-0.3, -0.25) is 9.48 Å². The van der Waals surface area contributed by atoms with Crippen molar-refractivity contribution in [2.45, 2.75) is 13.0 Å². The third-order valence-electron chi connectivity index (χ3n) is 2.76. The second-order valence-corrected chi connectivity index (χ2v) is 4.79. The molecule has 7 heteroatoms. The maximum Gasteiger partial charge on any atom is 0.259 e. The van der Waals surface area contributed by atoms with Crippen molar-refractivity contribution < 1.29 is 14.3 Å². The highest BCUT2D eigenvalue weighted by Crippen LogP contribution is 2.22. The number of hydrogen-bond acceptors (Lipinski definition) is 3. The number of nitrogens with zero attached hydrogens (tertiary/aromatic N) is 2. The monoisotopic (exact) mass is 297 g/mol. The topological polar surface area (TPSA) is 67.2 Å². The van der Waals surface area contributed by atoms with Crippen LogP contribution in [0, 0.1) is 12.7 Å². The summed E-state index contributed by atoms with van der Waals surface area (Å²) in [5, 5.41) is 16.6. The molecule has 5 nitrogen and oxygen atoms in total. The number of anilines is 1. The molecule has 1 amide bonds. The van der Waals surface area contributed by atoms with Gasteiger partial charge in [0.05, 0.1) is 5.69 Å². The first-order valence-electron chi connectivity index (χ1n) is 5.83. The van der Waals surface area contributed by atoms with Crippen molar-refractivity contribution in [3.63, 3.8) is 0 Å². The third kappa shape index (κ3) is 2.97. The van der Waals surface area contributed by atoms with Crippen molar-refractivity contribution in [3.05, 3.63) is 46.4 Å². The number of nitrogens with one attached hydrogen (secondary N) is 1. The Morgan fingerprint density at radius 2 is 2.20 bits per heavy atom. The number of aliphatic hydroxyl groups excluding tert-OH is 1. The first-order valence-corrected chi connectivity index (χ1v) is 6.21. The number of benzene rings is 1. The van der Waals surface area contributed by atoms with Crippen LogP contribution in [0.4, 0.5) is 10.2 Å². The number of aliphatic hydroxyl groups is 1.